The van der Waals surface area contributed by atoms with Crippen LogP contribution in [0.1, 0.15) is 86.5 Å². The molecular weight excluding hydrogens is 434 g/mol. The summed E-state index contributed by atoms with van der Waals surface area (Å²) in [5.41, 5.74) is -0.702. The highest BCUT2D eigenvalue weighted by molar-refractivity contribution is 6.02. The average Bonchev–Trinajstić information content (AvgIpc) is 2.79. The Morgan fingerprint density at radius 3 is 2.40 bits per heavy atom. The molecule has 5 aliphatic carbocycles. The highest BCUT2D eigenvalue weighted by Gasteiger charge is 2.80. The topological polar surface area (TPSA) is 47.7 Å². The van der Waals surface area contributed by atoms with E-state index in [1.54, 1.807) is 0 Å². The molecule has 2 spiro atoms. The molecule has 186 valence electrons. The molecule has 0 amide bonds. The minimum absolute atomic E-state index is 0.0500. The Labute approximate surface area is 210 Å². The number of Topliss-reactive ketones (excluding diaryl/α,β-unsaturated/α-hetero) is 1. The molecule has 0 aromatic carbocycles. The molecule has 0 aromatic heterocycles. The van der Waals surface area contributed by atoms with E-state index >= 15 is 0 Å². The highest BCUT2D eigenvalue weighted by atomic mass is 16.5. The summed E-state index contributed by atoms with van der Waals surface area (Å²) in [6.07, 6.45) is 10.7. The normalized spacial score (nSPS) is 51.6. The van der Waals surface area contributed by atoms with Gasteiger partial charge in [-0.2, -0.15) is 0 Å². The van der Waals surface area contributed by atoms with E-state index in [2.05, 4.69) is 46.0 Å². The van der Waals surface area contributed by atoms with Gasteiger partial charge in [-0.1, -0.05) is 47.3 Å². The summed E-state index contributed by atoms with van der Waals surface area (Å²) in [5, 5.41) is 0. The van der Waals surface area contributed by atoms with Gasteiger partial charge in [-0.05, 0) is 80.8 Å². The summed E-state index contributed by atoms with van der Waals surface area (Å²) in [6.45, 7) is 25.6. The third-order valence-electron chi connectivity index (χ3n) is 12.4. The predicted molar refractivity (Wildman–Crippen MR) is 135 cm³/mol. The second-order valence-corrected chi connectivity index (χ2v) is 14.1. The Hall–Kier alpha value is -2.15. The van der Waals surface area contributed by atoms with Crippen LogP contribution in [-0.4, -0.2) is 17.2 Å². The third kappa shape index (κ3) is 2.31. The monoisotopic (exact) mass is 473 g/mol. The van der Waals surface area contributed by atoms with Crippen molar-refractivity contribution in [3.63, 3.8) is 0 Å². The van der Waals surface area contributed by atoms with Gasteiger partial charge >= 0.3 is 0 Å². The van der Waals surface area contributed by atoms with Crippen molar-refractivity contribution in [2.45, 2.75) is 92.1 Å². The number of rotatable bonds is 0. The molecule has 7 rings (SSSR count). The van der Waals surface area contributed by atoms with E-state index in [9.17, 15) is 9.59 Å². The van der Waals surface area contributed by atoms with Gasteiger partial charge in [-0.3, -0.25) is 4.79 Å². The van der Waals surface area contributed by atoms with E-state index < -0.39 is 16.4 Å². The van der Waals surface area contributed by atoms with Crippen LogP contribution in [0.4, 0.5) is 0 Å². The molecule has 4 nitrogen and oxygen atoms in total. The first-order chi connectivity index (χ1) is 16.2. The van der Waals surface area contributed by atoms with Gasteiger partial charge in [0.1, 0.15) is 5.60 Å². The molecule has 2 heterocycles. The van der Waals surface area contributed by atoms with Crippen molar-refractivity contribution >= 4 is 11.6 Å². The molecule has 0 radical (unpaired) electrons. The largest absolute Gasteiger partial charge is 0.490 e. The second-order valence-electron chi connectivity index (χ2n) is 14.1. The number of allylic oxidation sites excluding steroid dienone is 4. The van der Waals surface area contributed by atoms with E-state index in [4.69, 9.17) is 11.3 Å². The second kappa shape index (κ2) is 6.39. The number of ether oxygens (including phenoxy) is 1. The SMILES string of the molecule is [C-]#[N+]C1=C[C@]2(C)C3=CC(=O)[C@@]4(C)[C@@H]5CC(C)(C)CC[C@]56CC[C@]4(OC6=C)[C@]3(C)CC[C@H]2[C@H](C)C1=O. The molecule has 5 fully saturated rings. The van der Waals surface area contributed by atoms with Crippen molar-refractivity contribution in [1.29, 1.82) is 0 Å². The van der Waals surface area contributed by atoms with Gasteiger partial charge in [0.15, 0.2) is 11.6 Å². The first-order valence-corrected chi connectivity index (χ1v) is 13.5. The van der Waals surface area contributed by atoms with Crippen LogP contribution in [0.3, 0.4) is 0 Å². The van der Waals surface area contributed by atoms with E-state index in [-0.39, 0.29) is 51.3 Å². The molecular formula is C31H39NO3. The van der Waals surface area contributed by atoms with Crippen molar-refractivity contribution in [2.24, 2.45) is 44.8 Å². The van der Waals surface area contributed by atoms with Crippen molar-refractivity contribution in [1.82, 2.24) is 0 Å². The summed E-state index contributed by atoms with van der Waals surface area (Å²) >= 11 is 0. The Kier molecular flexibility index (Phi) is 4.25. The number of ketones is 2. The van der Waals surface area contributed by atoms with Crippen LogP contribution in [-0.2, 0) is 14.3 Å². The number of hydrogen-bond donors (Lipinski definition) is 0. The van der Waals surface area contributed by atoms with Crippen molar-refractivity contribution < 1.29 is 14.3 Å². The molecule has 0 aromatic rings. The Morgan fingerprint density at radius 2 is 1.74 bits per heavy atom. The summed E-state index contributed by atoms with van der Waals surface area (Å²) < 4.78 is 7.07. The molecule has 2 aliphatic heterocycles. The molecule has 7 aliphatic rings. The van der Waals surface area contributed by atoms with Crippen LogP contribution in [0.15, 0.2) is 35.8 Å². The molecule has 0 unspecified atom stereocenters. The quantitative estimate of drug-likeness (QED) is 0.362. The molecule has 2 bridgehead atoms. The Bertz CT molecular complexity index is 1200. The van der Waals surface area contributed by atoms with Crippen molar-refractivity contribution in [2.75, 3.05) is 0 Å². The predicted octanol–water partition coefficient (Wildman–Crippen LogP) is 6.84. The average molecular weight is 474 g/mol. The fourth-order valence-electron chi connectivity index (χ4n) is 10.4. The van der Waals surface area contributed by atoms with Crippen LogP contribution in [0.25, 0.3) is 4.85 Å². The van der Waals surface area contributed by atoms with Crippen molar-refractivity contribution in [3.05, 3.63) is 47.2 Å². The zero-order chi connectivity index (χ0) is 25.4. The highest BCUT2D eigenvalue weighted by Crippen LogP contribution is 2.79. The first kappa shape index (κ1) is 23.3. The number of hydrogen-bond acceptors (Lipinski definition) is 3. The van der Waals surface area contributed by atoms with Crippen LogP contribution in [0.5, 0.6) is 0 Å². The number of fused-ring (bicyclic) bond motifs is 5. The van der Waals surface area contributed by atoms with E-state index in [1.165, 1.54) is 0 Å². The molecule has 4 heteroatoms. The fraction of sp³-hybridized carbons (Fsp3) is 0.710. The lowest BCUT2D eigenvalue weighted by atomic mass is 9.32. The van der Waals surface area contributed by atoms with Crippen LogP contribution < -0.4 is 0 Å². The smallest absolute Gasteiger partial charge is 0.226 e. The number of carbonyl (C=O) groups excluding carboxylic acids is 2. The lowest BCUT2D eigenvalue weighted by molar-refractivity contribution is -0.299. The molecule has 35 heavy (non-hydrogen) atoms. The van der Waals surface area contributed by atoms with Gasteiger partial charge in [-0.15, -0.1) is 0 Å². The summed E-state index contributed by atoms with van der Waals surface area (Å²) in [7, 11) is 0. The van der Waals surface area contributed by atoms with Crippen LogP contribution in [0.2, 0.25) is 0 Å². The first-order valence-electron chi connectivity index (χ1n) is 13.5. The summed E-state index contributed by atoms with van der Waals surface area (Å²) in [5.74, 6) is 1.15. The molecule has 2 saturated heterocycles. The lowest BCUT2D eigenvalue weighted by Gasteiger charge is -2.76. The lowest BCUT2D eigenvalue weighted by Crippen LogP contribution is -2.77. The maximum atomic E-state index is 14.5. The minimum atomic E-state index is -0.636. The molecule has 8 atom stereocenters. The van der Waals surface area contributed by atoms with E-state index in [0.29, 0.717) is 0 Å². The zero-order valence-corrected chi connectivity index (χ0v) is 22.2. The minimum Gasteiger partial charge on any atom is -0.490 e. The maximum Gasteiger partial charge on any atom is 0.226 e. The van der Waals surface area contributed by atoms with Gasteiger partial charge < -0.3 is 9.53 Å². The van der Waals surface area contributed by atoms with Crippen LogP contribution in [0, 0.1) is 51.4 Å². The van der Waals surface area contributed by atoms with Gasteiger partial charge in [0.05, 0.1) is 17.7 Å². The number of carbonyl (C=O) groups is 2. The van der Waals surface area contributed by atoms with Gasteiger partial charge in [-0.25, -0.2) is 4.85 Å². The van der Waals surface area contributed by atoms with E-state index in [1.807, 2.05) is 19.1 Å². The molecule has 3 saturated carbocycles. The number of nitrogens with zero attached hydrogens (tertiary/aromatic N) is 1. The fourth-order valence-corrected chi connectivity index (χ4v) is 10.4. The Morgan fingerprint density at radius 1 is 1.06 bits per heavy atom. The standard InChI is InChI=1S/C31H39NO3/c1-18-20-9-10-28(6)22(27(20,5)16-21(32-8)25(18)34)15-24(33)29(7)23-17-26(3,4)11-12-30(23)13-14-31(28,29)35-19(30)2/h15-16,18,20,23H,2,9-14,17H2,1,3-7H3/t18-,20-,23-,27-,28+,29+,30+,31-/m0/s1. The summed E-state index contributed by atoms with van der Waals surface area (Å²) in [6, 6.07) is 0. The maximum absolute atomic E-state index is 14.5. The zero-order valence-electron chi connectivity index (χ0n) is 22.2. The van der Waals surface area contributed by atoms with Crippen LogP contribution >= 0.6 is 0 Å². The molecule has 0 N–H and O–H groups in total. The third-order valence-corrected chi connectivity index (χ3v) is 12.4. The Balaban J connectivity index is 1.60. The van der Waals surface area contributed by atoms with Gasteiger partial charge in [0, 0.05) is 22.2 Å². The van der Waals surface area contributed by atoms with Crippen molar-refractivity contribution in [3.8, 4) is 0 Å². The van der Waals surface area contributed by atoms with Gasteiger partial charge in [0.2, 0.25) is 5.70 Å². The van der Waals surface area contributed by atoms with Gasteiger partial charge in [0.25, 0.3) is 0 Å². The summed E-state index contributed by atoms with van der Waals surface area (Å²) in [4.78, 5) is 31.0. The van der Waals surface area contributed by atoms with E-state index in [0.717, 1.165) is 56.3 Å².